The van der Waals surface area contributed by atoms with Crippen LogP contribution in [-0.2, 0) is 16.0 Å². The molecule has 0 saturated carbocycles. The molecule has 2 heterocycles. The molecule has 0 spiro atoms. The highest BCUT2D eigenvalue weighted by Gasteiger charge is 2.21. The zero-order valence-corrected chi connectivity index (χ0v) is 17.3. The molecule has 0 bridgehead atoms. The third-order valence-electron chi connectivity index (χ3n) is 4.26. The number of nitrogens with zero attached hydrogens (tertiary/aromatic N) is 3. The van der Waals surface area contributed by atoms with Gasteiger partial charge >= 0.3 is 5.97 Å². The fraction of sp³-hybridized carbons (Fsp3) is 0.158. The summed E-state index contributed by atoms with van der Waals surface area (Å²) in [4.78, 5) is 47.7. The van der Waals surface area contributed by atoms with Crippen molar-refractivity contribution in [3.63, 3.8) is 0 Å². The van der Waals surface area contributed by atoms with Crippen molar-refractivity contribution in [2.24, 2.45) is 5.10 Å². The summed E-state index contributed by atoms with van der Waals surface area (Å²) in [5.74, 6) is -1.02. The second-order valence-electron chi connectivity index (χ2n) is 6.25. The molecule has 0 aliphatic carbocycles. The van der Waals surface area contributed by atoms with E-state index >= 15 is 0 Å². The molecule has 1 aromatic carbocycles. The first kappa shape index (κ1) is 21.6. The molecule has 0 fully saturated rings. The molecule has 1 amide bonds. The Morgan fingerprint density at radius 2 is 2.00 bits per heavy atom. The van der Waals surface area contributed by atoms with Gasteiger partial charge in [-0.15, -0.1) is 11.3 Å². The smallest absolute Gasteiger partial charge is 0.311 e. The molecule has 31 heavy (non-hydrogen) atoms. The zero-order chi connectivity index (χ0) is 22.5. The van der Waals surface area contributed by atoms with Crippen LogP contribution in [-0.4, -0.2) is 39.4 Å². The molecule has 0 aliphatic rings. The third kappa shape index (κ3) is 4.75. The summed E-state index contributed by atoms with van der Waals surface area (Å²) in [6.07, 6.45) is -0.243. The lowest BCUT2D eigenvalue weighted by atomic mass is 10.1. The number of nitro groups is 1. The number of aromatic amines is 1. The quantitative estimate of drug-likeness (QED) is 0.247. The number of rotatable bonds is 7. The van der Waals surface area contributed by atoms with Crippen molar-refractivity contribution < 1.29 is 19.2 Å². The van der Waals surface area contributed by atoms with E-state index in [1.165, 1.54) is 49.6 Å². The number of benzene rings is 1. The summed E-state index contributed by atoms with van der Waals surface area (Å²) < 4.78 is 5.82. The Kier molecular flexibility index (Phi) is 6.40. The van der Waals surface area contributed by atoms with Crippen LogP contribution in [0.15, 0.2) is 51.7 Å². The van der Waals surface area contributed by atoms with Crippen molar-refractivity contribution in [1.82, 2.24) is 15.2 Å². The van der Waals surface area contributed by atoms with Gasteiger partial charge < -0.3 is 4.74 Å². The minimum atomic E-state index is -0.589. The van der Waals surface area contributed by atoms with Crippen LogP contribution in [0, 0.1) is 10.1 Å². The highest BCUT2D eigenvalue weighted by Crippen LogP contribution is 2.15. The average Bonchev–Trinajstić information content (AvgIpc) is 3.40. The van der Waals surface area contributed by atoms with Crippen molar-refractivity contribution in [3.8, 4) is 5.69 Å². The van der Waals surface area contributed by atoms with Gasteiger partial charge in [0.2, 0.25) is 0 Å². The molecular formula is C19H17N5O6S. The second-order valence-corrected chi connectivity index (χ2v) is 7.20. The van der Waals surface area contributed by atoms with Crippen LogP contribution in [0.3, 0.4) is 0 Å². The number of ether oxygens (including phenoxy) is 1. The van der Waals surface area contributed by atoms with E-state index in [4.69, 9.17) is 0 Å². The van der Waals surface area contributed by atoms with Crippen LogP contribution in [0.25, 0.3) is 5.69 Å². The highest BCUT2D eigenvalue weighted by molar-refractivity contribution is 7.12. The number of hydrazone groups is 1. The lowest BCUT2D eigenvalue weighted by Gasteiger charge is -2.02. The van der Waals surface area contributed by atoms with E-state index in [2.05, 4.69) is 20.4 Å². The summed E-state index contributed by atoms with van der Waals surface area (Å²) in [6.45, 7) is 1.51. The molecule has 0 aliphatic heterocycles. The molecule has 11 nitrogen and oxygen atoms in total. The number of esters is 1. The summed E-state index contributed by atoms with van der Waals surface area (Å²) in [7, 11) is 1.22. The van der Waals surface area contributed by atoms with Crippen LogP contribution in [0.4, 0.5) is 5.69 Å². The summed E-state index contributed by atoms with van der Waals surface area (Å²) in [5.41, 5.74) is 2.50. The first-order valence-corrected chi connectivity index (χ1v) is 9.73. The van der Waals surface area contributed by atoms with E-state index in [1.54, 1.807) is 17.5 Å². The number of thiophene rings is 1. The van der Waals surface area contributed by atoms with Crippen LogP contribution in [0.2, 0.25) is 0 Å². The Bertz CT molecular complexity index is 1210. The van der Waals surface area contributed by atoms with E-state index in [-0.39, 0.29) is 29.1 Å². The van der Waals surface area contributed by atoms with Crippen molar-refractivity contribution in [1.29, 1.82) is 0 Å². The Hall–Kier alpha value is -4.06. The van der Waals surface area contributed by atoms with Gasteiger partial charge in [-0.2, -0.15) is 5.10 Å². The van der Waals surface area contributed by atoms with Gasteiger partial charge in [0.15, 0.2) is 0 Å². The lowest BCUT2D eigenvalue weighted by molar-refractivity contribution is -0.384. The highest BCUT2D eigenvalue weighted by atomic mass is 32.1. The van der Waals surface area contributed by atoms with Crippen LogP contribution >= 0.6 is 11.3 Å². The number of methoxy groups -OCH3 is 1. The number of amides is 1. The molecular weight excluding hydrogens is 426 g/mol. The van der Waals surface area contributed by atoms with E-state index in [1.807, 2.05) is 0 Å². The van der Waals surface area contributed by atoms with Gasteiger partial charge in [-0.1, -0.05) is 6.07 Å². The first-order valence-electron chi connectivity index (χ1n) is 8.86. The van der Waals surface area contributed by atoms with Gasteiger partial charge in [0.25, 0.3) is 17.2 Å². The number of hydrogen-bond donors (Lipinski definition) is 2. The molecule has 3 aromatic rings. The lowest BCUT2D eigenvalue weighted by Crippen LogP contribution is -2.23. The van der Waals surface area contributed by atoms with E-state index in [0.29, 0.717) is 10.6 Å². The maximum absolute atomic E-state index is 13.0. The second kappa shape index (κ2) is 9.17. The largest absolute Gasteiger partial charge is 0.469 e. The van der Waals surface area contributed by atoms with E-state index in [0.717, 1.165) is 4.68 Å². The van der Waals surface area contributed by atoms with Gasteiger partial charge in [0.1, 0.15) is 0 Å². The SMILES string of the molecule is COC(=O)Cc1[nH]n(-c2ccc([N+](=O)[O-])cc2)c(=O)c1/C(C)=N/NC(=O)c1cccs1. The molecule has 2 aromatic heterocycles. The fourth-order valence-electron chi connectivity index (χ4n) is 2.76. The van der Waals surface area contributed by atoms with Gasteiger partial charge in [-0.3, -0.25) is 29.6 Å². The molecule has 3 rings (SSSR count). The zero-order valence-electron chi connectivity index (χ0n) is 16.4. The topological polar surface area (TPSA) is 149 Å². The van der Waals surface area contributed by atoms with Crippen LogP contribution in [0.5, 0.6) is 0 Å². The average molecular weight is 443 g/mol. The Morgan fingerprint density at radius 1 is 1.29 bits per heavy atom. The number of nitro benzene ring substituents is 1. The van der Waals surface area contributed by atoms with Gasteiger partial charge in [0, 0.05) is 12.1 Å². The van der Waals surface area contributed by atoms with Gasteiger partial charge in [0.05, 0.1) is 46.0 Å². The fourth-order valence-corrected chi connectivity index (χ4v) is 3.37. The molecule has 0 unspecified atom stereocenters. The minimum absolute atomic E-state index is 0.0789. The number of non-ortho nitro benzene ring substituents is 1. The van der Waals surface area contributed by atoms with Crippen molar-refractivity contribution in [3.05, 3.63) is 78.4 Å². The standard InChI is InChI=1S/C19H17N5O6S/c1-11(20-21-18(26)15-4-3-9-31-15)17-14(10-16(25)30-2)22-23(19(17)27)12-5-7-13(8-6-12)24(28)29/h3-9,22H,10H2,1-2H3,(H,21,26)/b20-11+. The van der Waals surface area contributed by atoms with E-state index < -0.39 is 22.4 Å². The van der Waals surface area contributed by atoms with Gasteiger partial charge in [-0.05, 0) is 30.5 Å². The minimum Gasteiger partial charge on any atom is -0.469 e. The molecule has 2 N–H and O–H groups in total. The first-order chi connectivity index (χ1) is 14.8. The maximum atomic E-state index is 13.0. The number of carbonyl (C=O) groups excluding carboxylic acids is 2. The summed E-state index contributed by atoms with van der Waals surface area (Å²) in [6, 6.07) is 8.65. The predicted octanol–water partition coefficient (Wildman–Crippen LogP) is 2.00. The van der Waals surface area contributed by atoms with Gasteiger partial charge in [-0.25, -0.2) is 10.1 Å². The normalized spacial score (nSPS) is 11.2. The van der Waals surface area contributed by atoms with Crippen LogP contribution < -0.4 is 11.0 Å². The maximum Gasteiger partial charge on any atom is 0.311 e. The number of carbonyl (C=O) groups is 2. The molecule has 0 atom stereocenters. The van der Waals surface area contributed by atoms with Crippen molar-refractivity contribution in [2.75, 3.05) is 7.11 Å². The van der Waals surface area contributed by atoms with E-state index in [9.17, 15) is 24.5 Å². The number of H-pyrrole nitrogens is 1. The summed E-state index contributed by atoms with van der Waals surface area (Å²) in [5, 5.41) is 19.4. The van der Waals surface area contributed by atoms with Crippen LogP contribution in [0.1, 0.15) is 27.9 Å². The molecule has 0 saturated heterocycles. The monoisotopic (exact) mass is 443 g/mol. The number of aromatic nitrogens is 2. The predicted molar refractivity (Wildman–Crippen MR) is 113 cm³/mol. The summed E-state index contributed by atoms with van der Waals surface area (Å²) >= 11 is 1.24. The Labute approximate surface area is 179 Å². The van der Waals surface area contributed by atoms with Crippen molar-refractivity contribution >= 4 is 34.6 Å². The third-order valence-corrected chi connectivity index (χ3v) is 5.13. The molecule has 160 valence electrons. The Balaban J connectivity index is 2.00. The number of hydrogen-bond acceptors (Lipinski definition) is 8. The Morgan fingerprint density at radius 3 is 2.58 bits per heavy atom. The van der Waals surface area contributed by atoms with Crippen molar-refractivity contribution in [2.45, 2.75) is 13.3 Å². The molecule has 0 radical (unpaired) electrons. The number of nitrogens with one attached hydrogen (secondary N) is 2. The molecule has 12 heteroatoms.